The average molecular weight is 444 g/mol. The Morgan fingerprint density at radius 1 is 1.25 bits per heavy atom. The highest BCUT2D eigenvalue weighted by Gasteiger charge is 2.34. The second-order valence-electron chi connectivity index (χ2n) is 6.58. The molecule has 2 aliphatic rings. The number of nitrogens with zero attached hydrogens (tertiary/aromatic N) is 1. The number of piperidine rings is 1. The summed E-state index contributed by atoms with van der Waals surface area (Å²) in [6.07, 6.45) is 4.32. The van der Waals surface area contributed by atoms with Gasteiger partial charge in [0.05, 0.1) is 4.91 Å². The van der Waals surface area contributed by atoms with Crippen molar-refractivity contribution in [2.24, 2.45) is 0 Å². The summed E-state index contributed by atoms with van der Waals surface area (Å²) in [5.74, 6) is -0.329. The van der Waals surface area contributed by atoms with Gasteiger partial charge in [-0.1, -0.05) is 23.7 Å². The van der Waals surface area contributed by atoms with E-state index in [1.54, 1.807) is 30.3 Å². The zero-order chi connectivity index (χ0) is 19.2. The molecular weight excluding hydrogens is 421 g/mol. The van der Waals surface area contributed by atoms with Crippen LogP contribution in [0.2, 0.25) is 5.02 Å². The highest BCUT2D eigenvalue weighted by Crippen LogP contribution is 2.32. The number of halogens is 2. The number of rotatable bonds is 6. The Balaban J connectivity index is 0.00000280. The summed E-state index contributed by atoms with van der Waals surface area (Å²) < 4.78 is 0. The minimum atomic E-state index is -0.307. The van der Waals surface area contributed by atoms with Crippen LogP contribution in [0.3, 0.4) is 0 Å². The fourth-order valence-electron chi connectivity index (χ4n) is 3.07. The minimum Gasteiger partial charge on any atom is -0.353 e. The van der Waals surface area contributed by atoms with Crippen molar-refractivity contribution in [3.05, 3.63) is 39.8 Å². The van der Waals surface area contributed by atoms with Gasteiger partial charge in [0.15, 0.2) is 0 Å². The van der Waals surface area contributed by atoms with Crippen molar-refractivity contribution in [2.75, 3.05) is 19.6 Å². The second kappa shape index (κ2) is 10.9. The molecular formula is C19H23Cl2N3O3S. The molecule has 0 aliphatic carbocycles. The van der Waals surface area contributed by atoms with Crippen molar-refractivity contribution in [2.45, 2.75) is 31.7 Å². The monoisotopic (exact) mass is 443 g/mol. The molecule has 152 valence electrons. The van der Waals surface area contributed by atoms with Crippen LogP contribution in [-0.2, 0) is 9.59 Å². The summed E-state index contributed by atoms with van der Waals surface area (Å²) >= 11 is 6.78. The number of nitrogens with one attached hydrogen (secondary N) is 2. The Kier molecular flexibility index (Phi) is 8.82. The predicted octanol–water partition coefficient (Wildman–Crippen LogP) is 3.45. The van der Waals surface area contributed by atoms with Crippen LogP contribution < -0.4 is 10.6 Å². The van der Waals surface area contributed by atoms with Gasteiger partial charge >= 0.3 is 0 Å². The van der Waals surface area contributed by atoms with E-state index in [0.29, 0.717) is 22.8 Å². The number of amides is 3. The summed E-state index contributed by atoms with van der Waals surface area (Å²) in [6, 6.07) is 7.28. The molecule has 0 unspecified atom stereocenters. The molecule has 2 N–H and O–H groups in total. The lowest BCUT2D eigenvalue weighted by Gasteiger charge is -2.23. The van der Waals surface area contributed by atoms with Gasteiger partial charge in [0.25, 0.3) is 11.1 Å². The first-order chi connectivity index (χ1) is 13.0. The third kappa shape index (κ3) is 6.24. The van der Waals surface area contributed by atoms with E-state index in [1.165, 1.54) is 4.90 Å². The lowest BCUT2D eigenvalue weighted by molar-refractivity contribution is -0.124. The Morgan fingerprint density at radius 3 is 2.61 bits per heavy atom. The summed E-state index contributed by atoms with van der Waals surface area (Å²) in [5, 5.41) is 6.59. The third-order valence-corrected chi connectivity index (χ3v) is 5.69. The van der Waals surface area contributed by atoms with E-state index < -0.39 is 0 Å². The maximum absolute atomic E-state index is 12.5. The van der Waals surface area contributed by atoms with Crippen molar-refractivity contribution in [1.82, 2.24) is 15.5 Å². The van der Waals surface area contributed by atoms with Crippen LogP contribution in [0.4, 0.5) is 4.79 Å². The zero-order valence-corrected chi connectivity index (χ0v) is 17.7. The quantitative estimate of drug-likeness (QED) is 0.658. The van der Waals surface area contributed by atoms with Crippen molar-refractivity contribution >= 4 is 58.9 Å². The molecule has 1 aromatic rings. The highest BCUT2D eigenvalue weighted by molar-refractivity contribution is 8.18. The van der Waals surface area contributed by atoms with E-state index >= 15 is 0 Å². The van der Waals surface area contributed by atoms with Crippen molar-refractivity contribution in [3.63, 3.8) is 0 Å². The van der Waals surface area contributed by atoms with Gasteiger partial charge in [-0.25, -0.2) is 0 Å². The second-order valence-corrected chi connectivity index (χ2v) is 8.01. The highest BCUT2D eigenvalue weighted by atomic mass is 35.5. The maximum Gasteiger partial charge on any atom is 0.293 e. The molecule has 2 saturated heterocycles. The number of benzene rings is 1. The van der Waals surface area contributed by atoms with Gasteiger partial charge in [0.1, 0.15) is 0 Å². The van der Waals surface area contributed by atoms with Crippen molar-refractivity contribution in [3.8, 4) is 0 Å². The smallest absolute Gasteiger partial charge is 0.293 e. The van der Waals surface area contributed by atoms with Gasteiger partial charge in [-0.3, -0.25) is 19.3 Å². The average Bonchev–Trinajstić information content (AvgIpc) is 2.92. The first kappa shape index (κ1) is 22.7. The van der Waals surface area contributed by atoms with Crippen LogP contribution >= 0.6 is 35.8 Å². The lowest BCUT2D eigenvalue weighted by atomic mass is 10.1. The van der Waals surface area contributed by atoms with Gasteiger partial charge in [0.2, 0.25) is 5.91 Å². The zero-order valence-electron chi connectivity index (χ0n) is 15.3. The summed E-state index contributed by atoms with van der Waals surface area (Å²) in [6.45, 7) is 2.09. The normalized spacial score (nSPS) is 19.0. The van der Waals surface area contributed by atoms with Crippen molar-refractivity contribution in [1.29, 1.82) is 0 Å². The summed E-state index contributed by atoms with van der Waals surface area (Å²) in [4.78, 5) is 38.2. The molecule has 3 amide bonds. The maximum atomic E-state index is 12.5. The molecule has 0 spiro atoms. The molecule has 2 aliphatic heterocycles. The molecule has 0 saturated carbocycles. The molecule has 0 radical (unpaired) electrons. The third-order valence-electron chi connectivity index (χ3n) is 4.53. The number of hydrogen-bond donors (Lipinski definition) is 2. The molecule has 3 rings (SSSR count). The van der Waals surface area contributed by atoms with E-state index in [2.05, 4.69) is 10.6 Å². The molecule has 0 atom stereocenters. The van der Waals surface area contributed by atoms with Gasteiger partial charge in [-0.05, 0) is 67.9 Å². The van der Waals surface area contributed by atoms with Gasteiger partial charge < -0.3 is 10.6 Å². The first-order valence-corrected chi connectivity index (χ1v) is 10.2. The Labute approximate surface area is 179 Å². The molecule has 2 heterocycles. The van der Waals surface area contributed by atoms with Gasteiger partial charge in [0, 0.05) is 24.0 Å². The van der Waals surface area contributed by atoms with E-state index in [0.717, 1.165) is 43.3 Å². The fourth-order valence-corrected chi connectivity index (χ4v) is 4.06. The number of thioether (sulfide) groups is 1. The standard InChI is InChI=1S/C19H22ClN3O3S.ClH/c20-14-5-3-13(4-6-14)12-16-18(25)23(19(26)27-16)11-1-2-17(24)22-15-7-9-21-10-8-15;/h3-6,12,15,21H,1-2,7-11H2,(H,22,24);1H. The fraction of sp³-hybridized carbons (Fsp3) is 0.421. The minimum absolute atomic E-state index is 0. The Hall–Kier alpha value is -1.54. The molecule has 9 heteroatoms. The Morgan fingerprint density at radius 2 is 1.93 bits per heavy atom. The molecule has 6 nitrogen and oxygen atoms in total. The summed E-state index contributed by atoms with van der Waals surface area (Å²) in [7, 11) is 0. The van der Waals surface area contributed by atoms with Crippen LogP contribution in [0.1, 0.15) is 31.2 Å². The number of imide groups is 1. The molecule has 1 aromatic carbocycles. The van der Waals surface area contributed by atoms with E-state index in [9.17, 15) is 14.4 Å². The topological polar surface area (TPSA) is 78.5 Å². The van der Waals surface area contributed by atoms with Crippen LogP contribution in [-0.4, -0.2) is 47.6 Å². The summed E-state index contributed by atoms with van der Waals surface area (Å²) in [5.41, 5.74) is 0.811. The molecule has 0 bridgehead atoms. The van der Waals surface area contributed by atoms with Gasteiger partial charge in [-0.2, -0.15) is 0 Å². The van der Waals surface area contributed by atoms with Crippen LogP contribution in [0, 0.1) is 0 Å². The Bertz CT molecular complexity index is 749. The first-order valence-electron chi connectivity index (χ1n) is 9.04. The van der Waals surface area contributed by atoms with Crippen molar-refractivity contribution < 1.29 is 14.4 Å². The van der Waals surface area contributed by atoms with E-state index in [-0.39, 0.29) is 42.0 Å². The largest absolute Gasteiger partial charge is 0.353 e. The number of hydrogen-bond acceptors (Lipinski definition) is 5. The lowest BCUT2D eigenvalue weighted by Crippen LogP contribution is -2.42. The molecule has 0 aromatic heterocycles. The van der Waals surface area contributed by atoms with E-state index in [1.807, 2.05) is 0 Å². The number of carbonyl (C=O) groups is 3. The SMILES string of the molecule is Cl.O=C(CCCN1C(=O)SC(=Cc2ccc(Cl)cc2)C1=O)NC1CCNCC1. The van der Waals surface area contributed by atoms with Gasteiger partial charge in [-0.15, -0.1) is 12.4 Å². The number of carbonyl (C=O) groups excluding carboxylic acids is 3. The van der Waals surface area contributed by atoms with Crippen LogP contribution in [0.25, 0.3) is 6.08 Å². The van der Waals surface area contributed by atoms with Crippen LogP contribution in [0.5, 0.6) is 0 Å². The molecule has 2 fully saturated rings. The van der Waals surface area contributed by atoms with E-state index in [4.69, 9.17) is 11.6 Å². The molecule has 28 heavy (non-hydrogen) atoms. The van der Waals surface area contributed by atoms with Crippen LogP contribution in [0.15, 0.2) is 29.2 Å². The predicted molar refractivity (Wildman–Crippen MR) is 115 cm³/mol.